The summed E-state index contributed by atoms with van der Waals surface area (Å²) in [4.78, 5) is 11.4. The van der Waals surface area contributed by atoms with Crippen molar-refractivity contribution in [3.63, 3.8) is 0 Å². The molecule has 62 valence electrons. The Labute approximate surface area is 92.4 Å². The van der Waals surface area contributed by atoms with Crippen molar-refractivity contribution in [3.05, 3.63) is 32.9 Å². The highest BCUT2D eigenvalue weighted by atomic mass is 127. The van der Waals surface area contributed by atoms with Gasteiger partial charge in [0.1, 0.15) is 0 Å². The lowest BCUT2D eigenvalue weighted by atomic mass is 10.1. The topological polar surface area (TPSA) is 20.3 Å². The minimum atomic E-state index is 0.0588. The summed E-state index contributed by atoms with van der Waals surface area (Å²) in [5, 5.41) is 0. The molecule has 0 fully saturated rings. The van der Waals surface area contributed by atoms with Crippen LogP contribution >= 0.6 is 38.7 Å². The molecule has 2 nitrogen and oxygen atoms in total. The van der Waals surface area contributed by atoms with Gasteiger partial charge in [-0.2, -0.15) is 0 Å². The van der Waals surface area contributed by atoms with Crippen molar-refractivity contribution in [1.82, 2.24) is 3.93 Å². The number of benzene rings is 1. The molecular formula is C8H5BrINO. The van der Waals surface area contributed by atoms with Crippen LogP contribution in [0.25, 0.3) is 0 Å². The molecular weight excluding hydrogens is 333 g/mol. The molecule has 0 unspecified atom stereocenters. The van der Waals surface area contributed by atoms with E-state index < -0.39 is 0 Å². The second-order valence-electron chi connectivity index (χ2n) is 2.59. The summed E-state index contributed by atoms with van der Waals surface area (Å²) in [5.74, 6) is 0.0588. The molecule has 1 aromatic rings. The summed E-state index contributed by atoms with van der Waals surface area (Å²) in [7, 11) is 0. The third-order valence-corrected chi connectivity index (χ3v) is 3.45. The van der Waals surface area contributed by atoms with Gasteiger partial charge in [-0.15, -0.1) is 0 Å². The maximum Gasteiger partial charge on any atom is 0.264 e. The number of amides is 1. The van der Waals surface area contributed by atoms with Gasteiger partial charge in [-0.3, -0.25) is 8.72 Å². The fourth-order valence-corrected chi connectivity index (χ4v) is 2.37. The van der Waals surface area contributed by atoms with Crippen molar-refractivity contribution in [1.29, 1.82) is 0 Å². The Kier molecular flexibility index (Phi) is 2.12. The van der Waals surface area contributed by atoms with Crippen molar-refractivity contribution in [3.8, 4) is 0 Å². The average molecular weight is 338 g/mol. The minimum absolute atomic E-state index is 0.0588. The summed E-state index contributed by atoms with van der Waals surface area (Å²) >= 11 is 5.45. The van der Waals surface area contributed by atoms with E-state index in [0.717, 1.165) is 14.7 Å². The van der Waals surface area contributed by atoms with Crippen LogP contribution in [0.2, 0.25) is 0 Å². The summed E-state index contributed by atoms with van der Waals surface area (Å²) in [6, 6.07) is 5.78. The highest BCUT2D eigenvalue weighted by Crippen LogP contribution is 2.28. The van der Waals surface area contributed by atoms with E-state index >= 15 is 0 Å². The smallest absolute Gasteiger partial charge is 0.264 e. The first-order valence-electron chi connectivity index (χ1n) is 3.45. The fraction of sp³-hybridized carbons (Fsp3) is 0.125. The zero-order valence-corrected chi connectivity index (χ0v) is 9.79. The van der Waals surface area contributed by atoms with Gasteiger partial charge in [0.15, 0.2) is 0 Å². The van der Waals surface area contributed by atoms with Crippen LogP contribution in [-0.2, 0) is 6.54 Å². The average Bonchev–Trinajstić information content (AvgIpc) is 2.32. The van der Waals surface area contributed by atoms with Gasteiger partial charge in [0, 0.05) is 9.13 Å². The molecule has 1 amide bonds. The second-order valence-corrected chi connectivity index (χ2v) is 4.61. The number of rotatable bonds is 0. The number of hydrogen-bond donors (Lipinski definition) is 0. The van der Waals surface area contributed by atoms with E-state index in [4.69, 9.17) is 0 Å². The van der Waals surface area contributed by atoms with Crippen molar-refractivity contribution in [2.24, 2.45) is 0 Å². The van der Waals surface area contributed by atoms with Gasteiger partial charge < -0.3 is 0 Å². The van der Waals surface area contributed by atoms with E-state index in [1.54, 1.807) is 3.93 Å². The number of fused-ring (bicyclic) bond motifs is 1. The molecule has 0 radical (unpaired) electrons. The number of carbonyl (C=O) groups is 1. The number of hydrogen-bond acceptors (Lipinski definition) is 1. The largest absolute Gasteiger partial charge is 0.270 e. The normalized spacial score (nSPS) is 15.2. The first-order chi connectivity index (χ1) is 5.70. The van der Waals surface area contributed by atoms with E-state index in [9.17, 15) is 4.79 Å². The van der Waals surface area contributed by atoms with Crippen LogP contribution in [0.5, 0.6) is 0 Å². The minimum Gasteiger partial charge on any atom is -0.270 e. The van der Waals surface area contributed by atoms with Crippen LogP contribution in [0, 0.1) is 3.57 Å². The van der Waals surface area contributed by atoms with E-state index in [1.807, 2.05) is 18.2 Å². The van der Waals surface area contributed by atoms with Gasteiger partial charge in [0.2, 0.25) is 0 Å². The molecule has 0 aromatic heterocycles. The molecule has 1 heterocycles. The number of halogens is 2. The molecule has 1 aromatic carbocycles. The highest BCUT2D eigenvalue weighted by molar-refractivity contribution is 14.1. The molecule has 1 aliphatic rings. The zero-order valence-electron chi connectivity index (χ0n) is 6.05. The fourth-order valence-electron chi connectivity index (χ4n) is 1.26. The van der Waals surface area contributed by atoms with Crippen molar-refractivity contribution in [2.45, 2.75) is 6.54 Å². The Hall–Kier alpha value is -0.100. The zero-order chi connectivity index (χ0) is 8.72. The van der Waals surface area contributed by atoms with E-state index in [1.165, 1.54) is 0 Å². The van der Waals surface area contributed by atoms with Gasteiger partial charge in [-0.05, 0) is 40.3 Å². The Morgan fingerprint density at radius 3 is 2.92 bits per heavy atom. The van der Waals surface area contributed by atoms with Crippen LogP contribution in [0.4, 0.5) is 0 Å². The SMILES string of the molecule is O=C1c2cccc(I)c2CN1Br. The van der Waals surface area contributed by atoms with Crippen molar-refractivity contribution < 1.29 is 4.79 Å². The van der Waals surface area contributed by atoms with Crippen LogP contribution in [0.3, 0.4) is 0 Å². The Bertz CT molecular complexity index is 353. The number of nitrogens with zero attached hydrogens (tertiary/aromatic N) is 1. The highest BCUT2D eigenvalue weighted by Gasteiger charge is 2.26. The monoisotopic (exact) mass is 337 g/mol. The van der Waals surface area contributed by atoms with Crippen molar-refractivity contribution in [2.75, 3.05) is 0 Å². The molecule has 0 saturated heterocycles. The van der Waals surface area contributed by atoms with Gasteiger partial charge >= 0.3 is 0 Å². The van der Waals surface area contributed by atoms with Crippen LogP contribution < -0.4 is 0 Å². The summed E-state index contributed by atoms with van der Waals surface area (Å²) in [5.41, 5.74) is 1.94. The van der Waals surface area contributed by atoms with Crippen LogP contribution in [-0.4, -0.2) is 9.83 Å². The van der Waals surface area contributed by atoms with Crippen LogP contribution in [0.15, 0.2) is 18.2 Å². The standard InChI is InChI=1S/C8H5BrINO/c9-11-4-6-5(8(11)12)2-1-3-7(6)10/h1-3H,4H2. The lowest BCUT2D eigenvalue weighted by molar-refractivity contribution is 0.0896. The Balaban J connectivity index is 2.61. The summed E-state index contributed by atoms with van der Waals surface area (Å²) in [6.45, 7) is 0.674. The maximum atomic E-state index is 11.4. The van der Waals surface area contributed by atoms with Crippen LogP contribution in [0.1, 0.15) is 15.9 Å². The molecule has 12 heavy (non-hydrogen) atoms. The van der Waals surface area contributed by atoms with E-state index in [-0.39, 0.29) is 5.91 Å². The van der Waals surface area contributed by atoms with Gasteiger partial charge in [0.05, 0.1) is 22.7 Å². The molecule has 1 aliphatic heterocycles. The van der Waals surface area contributed by atoms with Crippen molar-refractivity contribution >= 4 is 44.6 Å². The molecule has 2 rings (SSSR count). The lowest BCUT2D eigenvalue weighted by Crippen LogP contribution is -2.10. The Morgan fingerprint density at radius 1 is 1.50 bits per heavy atom. The molecule has 0 aliphatic carbocycles. The second kappa shape index (κ2) is 2.99. The predicted molar refractivity (Wildman–Crippen MR) is 58.0 cm³/mol. The summed E-state index contributed by atoms with van der Waals surface area (Å²) < 4.78 is 2.71. The van der Waals surface area contributed by atoms with Gasteiger partial charge in [0.25, 0.3) is 5.91 Å². The molecule has 4 heteroatoms. The first kappa shape index (κ1) is 8.50. The third-order valence-electron chi connectivity index (χ3n) is 1.87. The molecule has 0 spiro atoms. The summed E-state index contributed by atoms with van der Waals surface area (Å²) in [6.07, 6.45) is 0. The van der Waals surface area contributed by atoms with Gasteiger partial charge in [-0.25, -0.2) is 0 Å². The third kappa shape index (κ3) is 1.17. The van der Waals surface area contributed by atoms with Gasteiger partial charge in [-0.1, -0.05) is 6.07 Å². The van der Waals surface area contributed by atoms with E-state index in [2.05, 4.69) is 38.7 Å². The molecule has 0 saturated carbocycles. The lowest BCUT2D eigenvalue weighted by Gasteiger charge is -2.01. The Morgan fingerprint density at radius 2 is 2.25 bits per heavy atom. The molecule has 0 atom stereocenters. The van der Waals surface area contributed by atoms with E-state index in [0.29, 0.717) is 6.54 Å². The number of carbonyl (C=O) groups excluding carboxylic acids is 1. The predicted octanol–water partition coefficient (Wildman–Crippen LogP) is 2.56. The first-order valence-corrected chi connectivity index (χ1v) is 5.24. The molecule has 0 bridgehead atoms. The quantitative estimate of drug-likeness (QED) is 0.526. The maximum absolute atomic E-state index is 11.4. The molecule has 0 N–H and O–H groups in total.